The Morgan fingerprint density at radius 1 is 1.40 bits per heavy atom. The molecule has 1 aromatic heterocycles. The van der Waals surface area contributed by atoms with Crippen LogP contribution in [0.25, 0.3) is 0 Å². The van der Waals surface area contributed by atoms with E-state index in [1.54, 1.807) is 0 Å². The highest BCUT2D eigenvalue weighted by Gasteiger charge is 2.34. The van der Waals surface area contributed by atoms with E-state index in [1.165, 1.54) is 0 Å². The summed E-state index contributed by atoms with van der Waals surface area (Å²) in [5, 5.41) is -0.618. The molecule has 0 saturated heterocycles. The summed E-state index contributed by atoms with van der Waals surface area (Å²) in [5.41, 5.74) is -0.936. The molecule has 10 heavy (non-hydrogen) atoms. The average Bonchev–Trinajstić information content (AvgIpc) is 2.11. The van der Waals surface area contributed by atoms with E-state index in [1.807, 2.05) is 0 Å². The largest absolute Gasteiger partial charge is 0.452 e. The molecule has 1 aromatic rings. The molecule has 0 atom stereocenters. The fraction of sp³-hybridized carbons (Fsp3) is 0.200. The average molecular weight is 171 g/mol. The summed E-state index contributed by atoms with van der Waals surface area (Å²) in [5.74, 6) is 0. The third-order valence-electron chi connectivity index (χ3n) is 0.923. The van der Waals surface area contributed by atoms with Gasteiger partial charge in [-0.3, -0.25) is 0 Å². The summed E-state index contributed by atoms with van der Waals surface area (Å²) in [7, 11) is 0. The van der Waals surface area contributed by atoms with Crippen LogP contribution in [0.2, 0.25) is 5.22 Å². The van der Waals surface area contributed by atoms with Crippen molar-refractivity contribution >= 4 is 11.6 Å². The number of halogens is 4. The maximum atomic E-state index is 11.7. The molecule has 0 bridgehead atoms. The van der Waals surface area contributed by atoms with Gasteiger partial charge in [0.05, 0.1) is 6.26 Å². The van der Waals surface area contributed by atoms with Gasteiger partial charge in [-0.1, -0.05) is 0 Å². The molecule has 0 aliphatic rings. The molecule has 0 spiro atoms. The lowest BCUT2D eigenvalue weighted by atomic mass is 10.3. The van der Waals surface area contributed by atoms with Crippen LogP contribution in [0.4, 0.5) is 13.2 Å². The minimum absolute atomic E-state index is 0.618. The van der Waals surface area contributed by atoms with Crippen molar-refractivity contribution in [3.05, 3.63) is 23.1 Å². The lowest BCUT2D eigenvalue weighted by molar-refractivity contribution is -0.137. The summed E-state index contributed by atoms with van der Waals surface area (Å²) >= 11 is 5.04. The quantitative estimate of drug-likeness (QED) is 0.584. The maximum Gasteiger partial charge on any atom is 0.421 e. The molecule has 1 nitrogen and oxygen atoms in total. The fourth-order valence-electron chi connectivity index (χ4n) is 0.497. The highest BCUT2D eigenvalue weighted by Crippen LogP contribution is 2.34. The molecule has 0 aliphatic carbocycles. The van der Waals surface area contributed by atoms with E-state index >= 15 is 0 Å². The zero-order chi connectivity index (χ0) is 7.78. The maximum absolute atomic E-state index is 11.7. The van der Waals surface area contributed by atoms with E-state index in [0.717, 1.165) is 12.3 Å². The minimum atomic E-state index is -4.41. The molecule has 0 fully saturated rings. The van der Waals surface area contributed by atoms with Crippen LogP contribution in [0, 0.1) is 0 Å². The lowest BCUT2D eigenvalue weighted by Gasteiger charge is -2.00. The van der Waals surface area contributed by atoms with Gasteiger partial charge in [-0.25, -0.2) is 0 Å². The summed E-state index contributed by atoms with van der Waals surface area (Å²) in [4.78, 5) is 0. The van der Waals surface area contributed by atoms with Gasteiger partial charge < -0.3 is 4.42 Å². The van der Waals surface area contributed by atoms with Crippen molar-refractivity contribution in [1.29, 1.82) is 0 Å². The second-order valence-corrected chi connectivity index (χ2v) is 1.95. The molecule has 0 aromatic carbocycles. The van der Waals surface area contributed by atoms with Crippen molar-refractivity contribution < 1.29 is 17.6 Å². The molecule has 1 heterocycles. The molecule has 56 valence electrons. The Kier molecular flexibility index (Phi) is 1.64. The molecular weight excluding hydrogens is 169 g/mol. The van der Waals surface area contributed by atoms with E-state index in [-0.39, 0.29) is 0 Å². The van der Waals surface area contributed by atoms with Gasteiger partial charge in [-0.15, -0.1) is 0 Å². The standard InChI is InChI=1S/C5H2ClF3O/c6-4-3(1-2-10-4)5(7,8)9/h1-2H. The summed E-state index contributed by atoms with van der Waals surface area (Å²) in [6, 6.07) is 0.780. The van der Waals surface area contributed by atoms with Crippen LogP contribution in [0.3, 0.4) is 0 Å². The van der Waals surface area contributed by atoms with Crippen molar-refractivity contribution in [3.8, 4) is 0 Å². The highest BCUT2D eigenvalue weighted by atomic mass is 35.5. The van der Waals surface area contributed by atoms with Gasteiger partial charge in [0, 0.05) is 0 Å². The molecule has 0 radical (unpaired) electrons. The van der Waals surface area contributed by atoms with Crippen LogP contribution in [0.5, 0.6) is 0 Å². The van der Waals surface area contributed by atoms with Gasteiger partial charge in [0.25, 0.3) is 0 Å². The third kappa shape index (κ3) is 1.26. The molecular formula is C5H2ClF3O. The van der Waals surface area contributed by atoms with Crippen molar-refractivity contribution in [1.82, 2.24) is 0 Å². The van der Waals surface area contributed by atoms with Crippen LogP contribution in [-0.4, -0.2) is 0 Å². The van der Waals surface area contributed by atoms with Gasteiger partial charge in [0.2, 0.25) is 5.22 Å². The monoisotopic (exact) mass is 170 g/mol. The topological polar surface area (TPSA) is 13.1 Å². The van der Waals surface area contributed by atoms with E-state index in [4.69, 9.17) is 11.6 Å². The van der Waals surface area contributed by atoms with E-state index in [0.29, 0.717) is 0 Å². The first kappa shape index (κ1) is 7.47. The fourth-order valence-corrected chi connectivity index (χ4v) is 0.718. The Bertz CT molecular complexity index is 227. The predicted octanol–water partition coefficient (Wildman–Crippen LogP) is 2.95. The number of rotatable bonds is 0. The normalized spacial score (nSPS) is 12.0. The minimum Gasteiger partial charge on any atom is -0.452 e. The summed E-state index contributed by atoms with van der Waals surface area (Å²) < 4.78 is 39.4. The molecule has 0 amide bonds. The van der Waals surface area contributed by atoms with Gasteiger partial charge in [-0.05, 0) is 17.7 Å². The Hall–Kier alpha value is -0.640. The Labute approximate surface area is 59.4 Å². The van der Waals surface area contributed by atoms with E-state index < -0.39 is 17.0 Å². The van der Waals surface area contributed by atoms with Gasteiger partial charge >= 0.3 is 6.18 Å². The van der Waals surface area contributed by atoms with Crippen molar-refractivity contribution in [2.45, 2.75) is 6.18 Å². The summed E-state index contributed by atoms with van der Waals surface area (Å²) in [6.45, 7) is 0. The molecule has 0 aliphatic heterocycles. The molecule has 0 N–H and O–H groups in total. The third-order valence-corrected chi connectivity index (χ3v) is 1.22. The number of hydrogen-bond acceptors (Lipinski definition) is 1. The first-order valence-corrected chi connectivity index (χ1v) is 2.70. The van der Waals surface area contributed by atoms with Crippen LogP contribution in [0.1, 0.15) is 5.56 Å². The van der Waals surface area contributed by atoms with Gasteiger partial charge in [0.1, 0.15) is 5.56 Å². The first-order valence-electron chi connectivity index (χ1n) is 2.32. The van der Waals surface area contributed by atoms with Crippen molar-refractivity contribution in [2.24, 2.45) is 0 Å². The van der Waals surface area contributed by atoms with Gasteiger partial charge in [0.15, 0.2) is 0 Å². The second kappa shape index (κ2) is 2.20. The molecule has 0 saturated carbocycles. The number of hydrogen-bond donors (Lipinski definition) is 0. The smallest absolute Gasteiger partial charge is 0.421 e. The van der Waals surface area contributed by atoms with Crippen molar-refractivity contribution in [3.63, 3.8) is 0 Å². The van der Waals surface area contributed by atoms with Crippen LogP contribution in [-0.2, 0) is 6.18 Å². The molecule has 1 rings (SSSR count). The van der Waals surface area contributed by atoms with Gasteiger partial charge in [-0.2, -0.15) is 13.2 Å². The lowest BCUT2D eigenvalue weighted by Crippen LogP contribution is -2.02. The molecule has 5 heteroatoms. The number of furan rings is 1. The number of alkyl halides is 3. The van der Waals surface area contributed by atoms with E-state index in [9.17, 15) is 13.2 Å². The van der Waals surface area contributed by atoms with Crippen molar-refractivity contribution in [2.75, 3.05) is 0 Å². The van der Waals surface area contributed by atoms with E-state index in [2.05, 4.69) is 4.42 Å². The zero-order valence-electron chi connectivity index (χ0n) is 4.57. The Balaban J connectivity index is 3.05. The SMILES string of the molecule is FC(F)(F)c1ccoc1Cl. The van der Waals surface area contributed by atoms with Crippen LogP contribution >= 0.6 is 11.6 Å². The molecule has 0 unspecified atom stereocenters. The zero-order valence-corrected chi connectivity index (χ0v) is 5.33. The summed E-state index contributed by atoms with van der Waals surface area (Å²) in [6.07, 6.45) is -3.52. The Morgan fingerprint density at radius 2 is 2.00 bits per heavy atom. The Morgan fingerprint density at radius 3 is 2.20 bits per heavy atom. The van der Waals surface area contributed by atoms with Crippen LogP contribution < -0.4 is 0 Å². The second-order valence-electron chi connectivity index (χ2n) is 1.61. The highest BCUT2D eigenvalue weighted by molar-refractivity contribution is 6.29. The predicted molar refractivity (Wildman–Crippen MR) is 28.7 cm³/mol. The van der Waals surface area contributed by atoms with Crippen LogP contribution in [0.15, 0.2) is 16.7 Å². The first-order chi connectivity index (χ1) is 4.52.